The molecular formula is C19H19N3O2. The highest BCUT2D eigenvalue weighted by Crippen LogP contribution is 2.21. The normalized spacial score (nSPS) is 14.8. The minimum atomic E-state index is -0.274. The summed E-state index contributed by atoms with van der Waals surface area (Å²) in [5.74, 6) is -0.139. The topological polar surface area (TPSA) is 61.8 Å². The van der Waals surface area contributed by atoms with Gasteiger partial charge in [-0.25, -0.2) is 5.43 Å². The Balaban J connectivity index is 1.66. The largest absolute Gasteiger partial charge is 0.312 e. The molecule has 0 bridgehead atoms. The van der Waals surface area contributed by atoms with E-state index in [1.807, 2.05) is 37.3 Å². The van der Waals surface area contributed by atoms with Gasteiger partial charge in [-0.15, -0.1) is 0 Å². The fraction of sp³-hybridized carbons (Fsp3) is 0.211. The van der Waals surface area contributed by atoms with Crippen molar-refractivity contribution in [3.63, 3.8) is 0 Å². The van der Waals surface area contributed by atoms with Gasteiger partial charge in [-0.05, 0) is 43.2 Å². The summed E-state index contributed by atoms with van der Waals surface area (Å²) in [6.45, 7) is 2.59. The third kappa shape index (κ3) is 3.51. The fourth-order valence-electron chi connectivity index (χ4n) is 2.66. The molecule has 1 heterocycles. The summed E-state index contributed by atoms with van der Waals surface area (Å²) < 4.78 is 0. The lowest BCUT2D eigenvalue weighted by Gasteiger charge is -2.15. The molecular weight excluding hydrogens is 302 g/mol. The minimum absolute atomic E-state index is 0.135. The number of rotatable bonds is 4. The monoisotopic (exact) mass is 321 g/mol. The summed E-state index contributed by atoms with van der Waals surface area (Å²) in [5.41, 5.74) is 5.60. The Bertz CT molecular complexity index is 767. The van der Waals surface area contributed by atoms with Crippen molar-refractivity contribution >= 4 is 23.2 Å². The number of nitrogens with one attached hydrogen (secondary N) is 1. The summed E-state index contributed by atoms with van der Waals surface area (Å²) in [6, 6.07) is 16.7. The SMILES string of the molecule is C/C(=N\NC(=O)c1ccc(N2CCCC2=O)cc1)c1ccccc1. The molecule has 24 heavy (non-hydrogen) atoms. The molecule has 2 aromatic carbocycles. The first-order chi connectivity index (χ1) is 11.6. The van der Waals surface area contributed by atoms with Crippen molar-refractivity contribution in [1.82, 2.24) is 5.43 Å². The molecule has 1 aliphatic rings. The molecule has 0 saturated carbocycles. The van der Waals surface area contributed by atoms with E-state index in [1.165, 1.54) is 0 Å². The van der Waals surface area contributed by atoms with Gasteiger partial charge < -0.3 is 4.90 Å². The van der Waals surface area contributed by atoms with Crippen molar-refractivity contribution in [2.24, 2.45) is 5.10 Å². The molecule has 0 radical (unpaired) electrons. The molecule has 1 fully saturated rings. The third-order valence-corrected chi connectivity index (χ3v) is 4.03. The standard InChI is InChI=1S/C19H19N3O2/c1-14(15-6-3-2-4-7-15)20-21-19(24)16-9-11-17(12-10-16)22-13-5-8-18(22)23/h2-4,6-7,9-12H,5,8,13H2,1H3,(H,21,24)/b20-14+. The van der Waals surface area contributed by atoms with Crippen LogP contribution in [-0.4, -0.2) is 24.1 Å². The van der Waals surface area contributed by atoms with E-state index >= 15 is 0 Å². The van der Waals surface area contributed by atoms with Crippen LogP contribution in [0.3, 0.4) is 0 Å². The van der Waals surface area contributed by atoms with E-state index in [0.29, 0.717) is 12.0 Å². The van der Waals surface area contributed by atoms with Crippen LogP contribution in [0.25, 0.3) is 0 Å². The van der Waals surface area contributed by atoms with Crippen molar-refractivity contribution in [2.75, 3.05) is 11.4 Å². The number of carbonyl (C=O) groups excluding carboxylic acids is 2. The van der Waals surface area contributed by atoms with Gasteiger partial charge in [0.1, 0.15) is 0 Å². The maximum Gasteiger partial charge on any atom is 0.271 e. The second kappa shape index (κ2) is 7.08. The van der Waals surface area contributed by atoms with Gasteiger partial charge in [0.15, 0.2) is 0 Å². The molecule has 2 amide bonds. The van der Waals surface area contributed by atoms with E-state index < -0.39 is 0 Å². The second-order valence-electron chi connectivity index (χ2n) is 5.70. The summed E-state index contributed by atoms with van der Waals surface area (Å²) in [5, 5.41) is 4.14. The molecule has 5 heteroatoms. The van der Waals surface area contributed by atoms with Crippen LogP contribution in [0.4, 0.5) is 5.69 Å². The van der Waals surface area contributed by atoms with Crippen LogP contribution < -0.4 is 10.3 Å². The number of hydrogen-bond donors (Lipinski definition) is 1. The fourth-order valence-corrected chi connectivity index (χ4v) is 2.66. The number of carbonyl (C=O) groups is 2. The summed E-state index contributed by atoms with van der Waals surface area (Å²) >= 11 is 0. The summed E-state index contributed by atoms with van der Waals surface area (Å²) in [6.07, 6.45) is 1.48. The predicted molar refractivity (Wildman–Crippen MR) is 94.1 cm³/mol. The molecule has 2 aromatic rings. The zero-order chi connectivity index (χ0) is 16.9. The Morgan fingerprint density at radius 2 is 1.75 bits per heavy atom. The number of hydrazone groups is 1. The first-order valence-corrected chi connectivity index (χ1v) is 7.95. The quantitative estimate of drug-likeness (QED) is 0.695. The number of amides is 2. The van der Waals surface area contributed by atoms with Gasteiger partial charge in [0.25, 0.3) is 5.91 Å². The summed E-state index contributed by atoms with van der Waals surface area (Å²) in [7, 11) is 0. The van der Waals surface area contributed by atoms with Crippen molar-refractivity contribution in [3.8, 4) is 0 Å². The van der Waals surface area contributed by atoms with Crippen LogP contribution in [0.5, 0.6) is 0 Å². The molecule has 5 nitrogen and oxygen atoms in total. The van der Waals surface area contributed by atoms with Crippen LogP contribution in [0.2, 0.25) is 0 Å². The number of anilines is 1. The zero-order valence-electron chi connectivity index (χ0n) is 13.5. The lowest BCUT2D eigenvalue weighted by molar-refractivity contribution is -0.117. The van der Waals surface area contributed by atoms with Crippen LogP contribution >= 0.6 is 0 Å². The Morgan fingerprint density at radius 1 is 1.04 bits per heavy atom. The van der Waals surface area contributed by atoms with E-state index in [4.69, 9.17) is 0 Å². The highest BCUT2D eigenvalue weighted by Gasteiger charge is 2.21. The van der Waals surface area contributed by atoms with Gasteiger partial charge in [0.05, 0.1) is 5.71 Å². The zero-order valence-corrected chi connectivity index (χ0v) is 13.5. The third-order valence-electron chi connectivity index (χ3n) is 4.03. The molecule has 3 rings (SSSR count). The molecule has 1 N–H and O–H groups in total. The average molecular weight is 321 g/mol. The van der Waals surface area contributed by atoms with Crippen LogP contribution in [0, 0.1) is 0 Å². The van der Waals surface area contributed by atoms with Crippen LogP contribution in [0.1, 0.15) is 35.7 Å². The smallest absolute Gasteiger partial charge is 0.271 e. The molecule has 0 spiro atoms. The molecule has 1 saturated heterocycles. The lowest BCUT2D eigenvalue weighted by atomic mass is 10.1. The first-order valence-electron chi connectivity index (χ1n) is 7.95. The van der Waals surface area contributed by atoms with Crippen LogP contribution in [-0.2, 0) is 4.79 Å². The molecule has 0 aliphatic carbocycles. The van der Waals surface area contributed by atoms with Crippen molar-refractivity contribution < 1.29 is 9.59 Å². The van der Waals surface area contributed by atoms with E-state index in [9.17, 15) is 9.59 Å². The maximum atomic E-state index is 12.2. The highest BCUT2D eigenvalue weighted by atomic mass is 16.2. The molecule has 0 unspecified atom stereocenters. The van der Waals surface area contributed by atoms with Gasteiger partial charge in [-0.2, -0.15) is 5.10 Å². The summed E-state index contributed by atoms with van der Waals surface area (Å²) in [4.78, 5) is 25.7. The van der Waals surface area contributed by atoms with Crippen LogP contribution in [0.15, 0.2) is 59.7 Å². The van der Waals surface area contributed by atoms with E-state index in [-0.39, 0.29) is 11.8 Å². The number of nitrogens with zero attached hydrogens (tertiary/aromatic N) is 2. The second-order valence-corrected chi connectivity index (χ2v) is 5.70. The van der Waals surface area contributed by atoms with E-state index in [0.717, 1.165) is 29.9 Å². The van der Waals surface area contributed by atoms with Gasteiger partial charge in [0, 0.05) is 24.2 Å². The number of benzene rings is 2. The lowest BCUT2D eigenvalue weighted by Crippen LogP contribution is -2.24. The van der Waals surface area contributed by atoms with E-state index in [1.54, 1.807) is 29.2 Å². The van der Waals surface area contributed by atoms with Gasteiger partial charge in [-0.1, -0.05) is 30.3 Å². The van der Waals surface area contributed by atoms with Crippen molar-refractivity contribution in [3.05, 3.63) is 65.7 Å². The Kier molecular flexibility index (Phi) is 4.70. The molecule has 0 atom stereocenters. The Hall–Kier alpha value is -2.95. The molecule has 1 aliphatic heterocycles. The first kappa shape index (κ1) is 15.9. The minimum Gasteiger partial charge on any atom is -0.312 e. The van der Waals surface area contributed by atoms with Crippen molar-refractivity contribution in [2.45, 2.75) is 19.8 Å². The molecule has 122 valence electrons. The maximum absolute atomic E-state index is 12.2. The van der Waals surface area contributed by atoms with Gasteiger partial charge in [-0.3, -0.25) is 9.59 Å². The highest BCUT2D eigenvalue weighted by molar-refractivity contribution is 6.01. The Morgan fingerprint density at radius 3 is 2.38 bits per heavy atom. The van der Waals surface area contributed by atoms with Gasteiger partial charge in [0.2, 0.25) is 5.91 Å². The van der Waals surface area contributed by atoms with Gasteiger partial charge >= 0.3 is 0 Å². The average Bonchev–Trinajstić information content (AvgIpc) is 3.06. The van der Waals surface area contributed by atoms with Crippen molar-refractivity contribution in [1.29, 1.82) is 0 Å². The predicted octanol–water partition coefficient (Wildman–Crippen LogP) is 2.97. The molecule has 0 aromatic heterocycles. The van der Waals surface area contributed by atoms with E-state index in [2.05, 4.69) is 10.5 Å². The Labute approximate surface area is 141 Å². The number of hydrogen-bond acceptors (Lipinski definition) is 3.